The zero-order valence-electron chi connectivity index (χ0n) is 10.3. The quantitative estimate of drug-likeness (QED) is 0.736. The largest absolute Gasteiger partial charge is 0.367 e. The van der Waals surface area contributed by atoms with E-state index in [1.165, 1.54) is 0 Å². The average Bonchev–Trinajstić information content (AvgIpc) is 2.28. The van der Waals surface area contributed by atoms with E-state index < -0.39 is 11.6 Å². The summed E-state index contributed by atoms with van der Waals surface area (Å²) >= 11 is 0. The Morgan fingerprint density at radius 2 is 1.88 bits per heavy atom. The van der Waals surface area contributed by atoms with Gasteiger partial charge >= 0.3 is 0 Å². The van der Waals surface area contributed by atoms with E-state index in [9.17, 15) is 13.6 Å². The van der Waals surface area contributed by atoms with Crippen LogP contribution in [0, 0.1) is 11.6 Å². The summed E-state index contributed by atoms with van der Waals surface area (Å²) in [4.78, 5) is 12.1. The van der Waals surface area contributed by atoms with Gasteiger partial charge in [-0.3, -0.25) is 4.79 Å². The number of aldehydes is 1. The number of hydrogen-bond acceptors (Lipinski definition) is 2. The third-order valence-electron chi connectivity index (χ3n) is 2.90. The van der Waals surface area contributed by atoms with Gasteiger partial charge in [-0.15, -0.1) is 0 Å². The first kappa shape index (κ1) is 13.6. The molecule has 1 aromatic rings. The van der Waals surface area contributed by atoms with Crippen molar-refractivity contribution in [3.63, 3.8) is 0 Å². The Morgan fingerprint density at radius 3 is 2.29 bits per heavy atom. The van der Waals surface area contributed by atoms with E-state index >= 15 is 0 Å². The van der Waals surface area contributed by atoms with E-state index in [1.54, 1.807) is 11.9 Å². The van der Waals surface area contributed by atoms with Gasteiger partial charge in [0.05, 0.1) is 0 Å². The predicted molar refractivity (Wildman–Crippen MR) is 64.5 cm³/mol. The lowest BCUT2D eigenvalue weighted by Crippen LogP contribution is -2.30. The van der Waals surface area contributed by atoms with Crippen molar-refractivity contribution in [2.45, 2.75) is 32.7 Å². The third-order valence-corrected chi connectivity index (χ3v) is 2.90. The maximum absolute atomic E-state index is 13.7. The van der Waals surface area contributed by atoms with Crippen LogP contribution in [-0.2, 0) is 0 Å². The number of benzene rings is 1. The topological polar surface area (TPSA) is 20.3 Å². The highest BCUT2D eigenvalue weighted by atomic mass is 19.1. The molecular formula is C13H17F2NO. The average molecular weight is 241 g/mol. The van der Waals surface area contributed by atoms with E-state index in [1.807, 2.05) is 13.8 Å². The summed E-state index contributed by atoms with van der Waals surface area (Å²) < 4.78 is 27.4. The number of carbonyl (C=O) groups is 1. The molecule has 1 aromatic carbocycles. The maximum atomic E-state index is 13.7. The molecule has 4 heteroatoms. The second kappa shape index (κ2) is 5.75. The number of rotatable bonds is 5. The molecule has 0 radical (unpaired) electrons. The lowest BCUT2D eigenvalue weighted by molar-refractivity contribution is 0.112. The molecule has 0 aromatic heterocycles. The first-order chi connectivity index (χ1) is 8.01. The van der Waals surface area contributed by atoms with Crippen LogP contribution < -0.4 is 4.90 Å². The molecule has 1 atom stereocenters. The molecule has 0 saturated carbocycles. The normalized spacial score (nSPS) is 12.3. The summed E-state index contributed by atoms with van der Waals surface area (Å²) in [7, 11) is 1.66. The van der Waals surface area contributed by atoms with Crippen LogP contribution in [0.1, 0.15) is 37.0 Å². The Labute approximate surface area is 100 Å². The van der Waals surface area contributed by atoms with Crippen molar-refractivity contribution >= 4 is 12.0 Å². The van der Waals surface area contributed by atoms with Gasteiger partial charge in [0, 0.05) is 18.7 Å². The van der Waals surface area contributed by atoms with Crippen molar-refractivity contribution in [1.29, 1.82) is 0 Å². The van der Waals surface area contributed by atoms with Crippen molar-refractivity contribution in [2.75, 3.05) is 11.9 Å². The van der Waals surface area contributed by atoms with Gasteiger partial charge in [-0.1, -0.05) is 13.3 Å². The second-order valence-corrected chi connectivity index (χ2v) is 4.20. The van der Waals surface area contributed by atoms with Crippen LogP contribution in [0.25, 0.3) is 0 Å². The fourth-order valence-electron chi connectivity index (χ4n) is 1.82. The van der Waals surface area contributed by atoms with Crippen LogP contribution in [0.5, 0.6) is 0 Å². The smallest absolute Gasteiger partial charge is 0.150 e. The molecule has 0 heterocycles. The van der Waals surface area contributed by atoms with Gasteiger partial charge < -0.3 is 4.90 Å². The fraction of sp³-hybridized carbons (Fsp3) is 0.462. The molecule has 1 unspecified atom stereocenters. The van der Waals surface area contributed by atoms with E-state index in [0.717, 1.165) is 25.0 Å². The summed E-state index contributed by atoms with van der Waals surface area (Å²) in [6.45, 7) is 3.93. The highest BCUT2D eigenvalue weighted by Gasteiger charge is 2.18. The Morgan fingerprint density at radius 1 is 1.35 bits per heavy atom. The molecular weight excluding hydrogens is 224 g/mol. The number of halogens is 2. The molecule has 0 aliphatic rings. The molecule has 0 spiro atoms. The molecule has 0 saturated heterocycles. The van der Waals surface area contributed by atoms with Crippen LogP contribution in [0.4, 0.5) is 14.5 Å². The minimum atomic E-state index is -0.697. The number of hydrogen-bond donors (Lipinski definition) is 0. The van der Waals surface area contributed by atoms with E-state index in [-0.39, 0.29) is 17.3 Å². The third kappa shape index (κ3) is 3.02. The van der Waals surface area contributed by atoms with Gasteiger partial charge in [-0.05, 0) is 25.5 Å². The summed E-state index contributed by atoms with van der Waals surface area (Å²) in [6, 6.07) is 2.16. The second-order valence-electron chi connectivity index (χ2n) is 4.20. The minimum Gasteiger partial charge on any atom is -0.367 e. The van der Waals surface area contributed by atoms with Crippen LogP contribution >= 0.6 is 0 Å². The number of nitrogens with zero attached hydrogens (tertiary/aromatic N) is 1. The molecule has 0 fully saturated rings. The van der Waals surface area contributed by atoms with Crippen LogP contribution in [0.3, 0.4) is 0 Å². The fourth-order valence-corrected chi connectivity index (χ4v) is 1.82. The first-order valence-corrected chi connectivity index (χ1v) is 5.68. The molecule has 1 rings (SSSR count). The van der Waals surface area contributed by atoms with Crippen molar-refractivity contribution in [2.24, 2.45) is 0 Å². The zero-order chi connectivity index (χ0) is 13.0. The summed E-state index contributed by atoms with van der Waals surface area (Å²) in [6.07, 6.45) is 2.23. The molecule has 0 amide bonds. The number of carbonyl (C=O) groups excluding carboxylic acids is 1. The Hall–Kier alpha value is -1.45. The van der Waals surface area contributed by atoms with Gasteiger partial charge in [-0.25, -0.2) is 8.78 Å². The van der Waals surface area contributed by atoms with Crippen molar-refractivity contribution in [3.05, 3.63) is 29.3 Å². The van der Waals surface area contributed by atoms with Crippen LogP contribution in [-0.4, -0.2) is 19.4 Å². The van der Waals surface area contributed by atoms with E-state index in [0.29, 0.717) is 6.29 Å². The van der Waals surface area contributed by atoms with Gasteiger partial charge in [0.2, 0.25) is 0 Å². The SMILES string of the molecule is CCCC(C)N(C)c1c(F)cc(C=O)cc1F. The van der Waals surface area contributed by atoms with Crippen LogP contribution in [0.15, 0.2) is 12.1 Å². The van der Waals surface area contributed by atoms with E-state index in [2.05, 4.69) is 0 Å². The summed E-state index contributed by atoms with van der Waals surface area (Å²) in [5.74, 6) is -1.39. The molecule has 0 bridgehead atoms. The lowest BCUT2D eigenvalue weighted by Gasteiger charge is -2.27. The van der Waals surface area contributed by atoms with Crippen molar-refractivity contribution in [3.8, 4) is 0 Å². The maximum Gasteiger partial charge on any atom is 0.150 e. The molecule has 17 heavy (non-hydrogen) atoms. The van der Waals surface area contributed by atoms with Gasteiger partial charge in [0.1, 0.15) is 23.6 Å². The summed E-state index contributed by atoms with van der Waals surface area (Å²) in [5.41, 5.74) is -0.0585. The Kier molecular flexibility index (Phi) is 4.61. The predicted octanol–water partition coefficient (Wildman–Crippen LogP) is 3.40. The lowest BCUT2D eigenvalue weighted by atomic mass is 10.1. The summed E-state index contributed by atoms with van der Waals surface area (Å²) in [5, 5.41) is 0. The minimum absolute atomic E-state index is 0.0142. The zero-order valence-corrected chi connectivity index (χ0v) is 10.3. The highest BCUT2D eigenvalue weighted by molar-refractivity contribution is 5.76. The standard InChI is InChI=1S/C13H17F2NO/c1-4-5-9(2)16(3)13-11(14)6-10(8-17)7-12(13)15/h6-9H,4-5H2,1-3H3. The number of anilines is 1. The van der Waals surface area contributed by atoms with Crippen molar-refractivity contribution in [1.82, 2.24) is 0 Å². The molecule has 0 aliphatic carbocycles. The highest BCUT2D eigenvalue weighted by Crippen LogP contribution is 2.26. The molecule has 0 N–H and O–H groups in total. The Bertz CT molecular complexity index is 383. The molecule has 94 valence electrons. The van der Waals surface area contributed by atoms with Gasteiger partial charge in [0.15, 0.2) is 0 Å². The monoisotopic (exact) mass is 241 g/mol. The first-order valence-electron chi connectivity index (χ1n) is 5.68. The van der Waals surface area contributed by atoms with Gasteiger partial charge in [0.25, 0.3) is 0 Å². The molecule has 2 nitrogen and oxygen atoms in total. The van der Waals surface area contributed by atoms with E-state index in [4.69, 9.17) is 0 Å². The van der Waals surface area contributed by atoms with Crippen LogP contribution in [0.2, 0.25) is 0 Å². The van der Waals surface area contributed by atoms with Crippen molar-refractivity contribution < 1.29 is 13.6 Å². The Balaban J connectivity index is 3.09. The van der Waals surface area contributed by atoms with Gasteiger partial charge in [-0.2, -0.15) is 0 Å². The molecule has 0 aliphatic heterocycles.